The summed E-state index contributed by atoms with van der Waals surface area (Å²) in [6.07, 6.45) is -0.379. The van der Waals surface area contributed by atoms with E-state index in [-0.39, 0.29) is 17.9 Å². The number of benzene rings is 1. The summed E-state index contributed by atoms with van der Waals surface area (Å²) in [4.78, 5) is 14.9. The number of aromatic nitrogens is 2. The van der Waals surface area contributed by atoms with Crippen LogP contribution in [0.15, 0.2) is 30.3 Å². The van der Waals surface area contributed by atoms with Crippen LogP contribution in [0.5, 0.6) is 0 Å². The molecule has 1 saturated heterocycles. The Hall–Kier alpha value is -2.48. The Kier molecular flexibility index (Phi) is 6.55. The van der Waals surface area contributed by atoms with Gasteiger partial charge in [0.1, 0.15) is 11.9 Å². The van der Waals surface area contributed by atoms with E-state index in [9.17, 15) is 13.6 Å². The van der Waals surface area contributed by atoms with Gasteiger partial charge in [-0.25, -0.2) is 13.5 Å². The van der Waals surface area contributed by atoms with Crippen LogP contribution in [0.1, 0.15) is 53.8 Å². The summed E-state index contributed by atoms with van der Waals surface area (Å²) in [7, 11) is 0. The van der Waals surface area contributed by atoms with E-state index >= 15 is 0 Å². The Morgan fingerprint density at radius 2 is 2.10 bits per heavy atom. The van der Waals surface area contributed by atoms with Crippen LogP contribution in [-0.2, 0) is 11.3 Å². The van der Waals surface area contributed by atoms with Crippen molar-refractivity contribution in [2.45, 2.75) is 58.2 Å². The lowest BCUT2D eigenvalue weighted by Crippen LogP contribution is -2.48. The van der Waals surface area contributed by atoms with Crippen molar-refractivity contribution in [3.8, 4) is 0 Å². The van der Waals surface area contributed by atoms with E-state index in [1.165, 1.54) is 4.68 Å². The van der Waals surface area contributed by atoms with Crippen molar-refractivity contribution in [2.75, 3.05) is 25.0 Å². The van der Waals surface area contributed by atoms with Crippen LogP contribution in [0.2, 0.25) is 0 Å². The smallest absolute Gasteiger partial charge is 0.260 e. The molecule has 0 spiro atoms. The maximum atomic E-state index is 13.7. The second kappa shape index (κ2) is 9.34. The molecule has 2 aliphatic rings. The van der Waals surface area contributed by atoms with Gasteiger partial charge < -0.3 is 15.0 Å². The zero-order valence-corrected chi connectivity index (χ0v) is 18.1. The van der Waals surface area contributed by atoms with Gasteiger partial charge in [-0.05, 0) is 56.7 Å². The predicted octanol–water partition coefficient (Wildman–Crippen LogP) is 4.27. The zero-order valence-electron chi connectivity index (χ0n) is 18.1. The van der Waals surface area contributed by atoms with E-state index in [2.05, 4.69) is 10.4 Å². The molecule has 0 saturated carbocycles. The quantitative estimate of drug-likeness (QED) is 0.741. The summed E-state index contributed by atoms with van der Waals surface area (Å²) in [5, 5.41) is 7.66. The number of carbonyl (C=O) groups excluding carboxylic acids is 1. The van der Waals surface area contributed by atoms with E-state index in [1.807, 2.05) is 49.1 Å². The topological polar surface area (TPSA) is 59.4 Å². The second-order valence-corrected chi connectivity index (χ2v) is 8.49. The van der Waals surface area contributed by atoms with Gasteiger partial charge >= 0.3 is 0 Å². The molecular formula is C23H30F2N4O2. The SMILES string of the molecule is CCOCc1ccc(C(=O)N2CCC[C@H]([C@@H]3C[C@H](C(F)F)n4nc(C)cc4N3)C2)cc1. The number of nitrogens with zero attached hydrogens (tertiary/aromatic N) is 3. The number of aryl methyl sites for hydroxylation is 1. The van der Waals surface area contributed by atoms with E-state index in [4.69, 9.17) is 4.74 Å². The maximum Gasteiger partial charge on any atom is 0.260 e. The van der Waals surface area contributed by atoms with Gasteiger partial charge in [-0.3, -0.25) is 4.79 Å². The molecule has 3 atom stereocenters. The number of anilines is 1. The van der Waals surface area contributed by atoms with Gasteiger partial charge in [-0.2, -0.15) is 5.10 Å². The summed E-state index contributed by atoms with van der Waals surface area (Å²) >= 11 is 0. The largest absolute Gasteiger partial charge is 0.377 e. The van der Waals surface area contributed by atoms with Gasteiger partial charge in [0.15, 0.2) is 0 Å². The normalized spacial score (nSPS) is 23.5. The Labute approximate surface area is 181 Å². The van der Waals surface area contributed by atoms with Crippen LogP contribution in [0.3, 0.4) is 0 Å². The molecule has 0 bridgehead atoms. The molecule has 0 aliphatic carbocycles. The highest BCUT2D eigenvalue weighted by Crippen LogP contribution is 2.36. The number of amides is 1. The number of halogens is 2. The van der Waals surface area contributed by atoms with Gasteiger partial charge in [0.05, 0.1) is 12.3 Å². The fourth-order valence-electron chi connectivity index (χ4n) is 4.67. The third-order valence-electron chi connectivity index (χ3n) is 6.28. The van der Waals surface area contributed by atoms with Crippen LogP contribution in [0.4, 0.5) is 14.6 Å². The number of carbonyl (C=O) groups is 1. The van der Waals surface area contributed by atoms with Crippen LogP contribution in [0, 0.1) is 12.8 Å². The first-order valence-corrected chi connectivity index (χ1v) is 11.0. The average molecular weight is 433 g/mol. The van der Waals surface area contributed by atoms with Crippen molar-refractivity contribution in [2.24, 2.45) is 5.92 Å². The number of likely N-dealkylation sites (tertiary alicyclic amines) is 1. The van der Waals surface area contributed by atoms with Crippen molar-refractivity contribution >= 4 is 11.7 Å². The van der Waals surface area contributed by atoms with E-state index in [0.29, 0.717) is 44.1 Å². The molecule has 1 fully saturated rings. The fourth-order valence-corrected chi connectivity index (χ4v) is 4.67. The van der Waals surface area contributed by atoms with Crippen molar-refractivity contribution in [1.29, 1.82) is 0 Å². The van der Waals surface area contributed by atoms with Gasteiger partial charge in [0, 0.05) is 37.4 Å². The number of rotatable bonds is 6. The molecule has 2 aromatic rings. The van der Waals surface area contributed by atoms with Crippen molar-refractivity contribution in [1.82, 2.24) is 14.7 Å². The molecule has 1 N–H and O–H groups in total. The highest BCUT2D eigenvalue weighted by Gasteiger charge is 2.38. The number of ether oxygens (including phenoxy) is 1. The van der Waals surface area contributed by atoms with Gasteiger partial charge in [-0.15, -0.1) is 0 Å². The molecule has 8 heteroatoms. The number of fused-ring (bicyclic) bond motifs is 1. The molecule has 0 unspecified atom stereocenters. The van der Waals surface area contributed by atoms with Crippen LogP contribution >= 0.6 is 0 Å². The number of hydrogen-bond acceptors (Lipinski definition) is 4. The highest BCUT2D eigenvalue weighted by molar-refractivity contribution is 5.94. The van der Waals surface area contributed by atoms with Gasteiger partial charge in [0.2, 0.25) is 0 Å². The predicted molar refractivity (Wildman–Crippen MR) is 114 cm³/mol. The molecule has 168 valence electrons. The molecule has 6 nitrogen and oxygen atoms in total. The summed E-state index contributed by atoms with van der Waals surface area (Å²) in [5.74, 6) is 0.766. The van der Waals surface area contributed by atoms with E-state index in [1.54, 1.807) is 0 Å². The number of piperidine rings is 1. The third-order valence-corrected chi connectivity index (χ3v) is 6.28. The molecule has 1 amide bonds. The first-order chi connectivity index (χ1) is 15.0. The Morgan fingerprint density at radius 3 is 2.81 bits per heavy atom. The standard InChI is InChI=1S/C23H30F2N4O2/c1-3-31-14-16-6-8-17(9-7-16)23(30)28-10-4-5-18(13-28)19-12-20(22(24)25)29-21(26-19)11-15(2)27-29/h6-9,11,18-20,22,26H,3-5,10,12-14H2,1-2H3/t18-,19-,20+/m0/s1. The van der Waals surface area contributed by atoms with Crippen LogP contribution in [0.25, 0.3) is 0 Å². The molecule has 4 rings (SSSR count). The second-order valence-electron chi connectivity index (χ2n) is 8.49. The number of hydrogen-bond donors (Lipinski definition) is 1. The molecule has 1 aromatic carbocycles. The third kappa shape index (κ3) is 4.74. The van der Waals surface area contributed by atoms with Crippen LogP contribution in [-0.4, -0.2) is 52.8 Å². The van der Waals surface area contributed by atoms with Crippen molar-refractivity contribution in [3.05, 3.63) is 47.2 Å². The average Bonchev–Trinajstić information content (AvgIpc) is 3.16. The Bertz CT molecular complexity index is 899. The van der Waals surface area contributed by atoms with E-state index < -0.39 is 12.5 Å². The Balaban J connectivity index is 1.44. The lowest BCUT2D eigenvalue weighted by atomic mass is 9.85. The summed E-state index contributed by atoms with van der Waals surface area (Å²) in [5.41, 5.74) is 2.41. The summed E-state index contributed by atoms with van der Waals surface area (Å²) in [6.45, 7) is 6.21. The van der Waals surface area contributed by atoms with Gasteiger partial charge in [-0.1, -0.05) is 12.1 Å². The maximum absolute atomic E-state index is 13.7. The van der Waals surface area contributed by atoms with Gasteiger partial charge in [0.25, 0.3) is 12.3 Å². The lowest BCUT2D eigenvalue weighted by Gasteiger charge is -2.41. The molecule has 1 aromatic heterocycles. The zero-order chi connectivity index (χ0) is 22.0. The molecular weight excluding hydrogens is 402 g/mol. The summed E-state index contributed by atoms with van der Waals surface area (Å²) < 4.78 is 34.3. The van der Waals surface area contributed by atoms with E-state index in [0.717, 1.165) is 24.1 Å². The minimum absolute atomic E-state index is 0.00485. The van der Waals surface area contributed by atoms with Crippen molar-refractivity contribution < 1.29 is 18.3 Å². The minimum atomic E-state index is -2.47. The molecule has 2 aliphatic heterocycles. The lowest BCUT2D eigenvalue weighted by molar-refractivity contribution is 0.0505. The number of alkyl halides is 2. The fraction of sp³-hybridized carbons (Fsp3) is 0.565. The van der Waals surface area contributed by atoms with Crippen LogP contribution < -0.4 is 5.32 Å². The summed E-state index contributed by atoms with van der Waals surface area (Å²) in [6, 6.07) is 8.30. The molecule has 31 heavy (non-hydrogen) atoms. The minimum Gasteiger partial charge on any atom is -0.377 e. The molecule has 0 radical (unpaired) electrons. The van der Waals surface area contributed by atoms with Crippen molar-refractivity contribution in [3.63, 3.8) is 0 Å². The number of nitrogens with one attached hydrogen (secondary N) is 1. The first-order valence-electron chi connectivity index (χ1n) is 11.0. The monoisotopic (exact) mass is 432 g/mol. The highest BCUT2D eigenvalue weighted by atomic mass is 19.3. The molecule has 3 heterocycles. The first kappa shape index (κ1) is 21.7. The Morgan fingerprint density at radius 1 is 1.32 bits per heavy atom.